The zero-order valence-corrected chi connectivity index (χ0v) is 9.72. The summed E-state index contributed by atoms with van der Waals surface area (Å²) in [5.41, 5.74) is 0.0273. The van der Waals surface area contributed by atoms with Gasteiger partial charge in [-0.25, -0.2) is 0 Å². The first-order chi connectivity index (χ1) is 7.77. The molecule has 4 heteroatoms. The molecule has 0 amide bonds. The van der Waals surface area contributed by atoms with Crippen LogP contribution in [0.3, 0.4) is 0 Å². The van der Waals surface area contributed by atoms with Gasteiger partial charge in [0.15, 0.2) is 0 Å². The van der Waals surface area contributed by atoms with Crippen LogP contribution >= 0.6 is 0 Å². The lowest BCUT2D eigenvalue weighted by atomic mass is 10.1. The third-order valence-electron chi connectivity index (χ3n) is 2.66. The monoisotopic (exact) mass is 224 g/mol. The van der Waals surface area contributed by atoms with Gasteiger partial charge in [0.1, 0.15) is 0 Å². The second kappa shape index (κ2) is 7.19. The summed E-state index contributed by atoms with van der Waals surface area (Å²) in [6, 6.07) is 5.49. The molecule has 1 rings (SSSR count). The summed E-state index contributed by atoms with van der Waals surface area (Å²) in [6.07, 6.45) is 3.54. The van der Waals surface area contributed by atoms with Crippen molar-refractivity contribution in [1.29, 1.82) is 0 Å². The van der Waals surface area contributed by atoms with Gasteiger partial charge in [-0.2, -0.15) is 0 Å². The van der Waals surface area contributed by atoms with E-state index in [1.807, 2.05) is 6.07 Å². The number of aliphatic hydroxyl groups excluding tert-OH is 1. The van der Waals surface area contributed by atoms with Gasteiger partial charge in [-0.15, -0.1) is 0 Å². The van der Waals surface area contributed by atoms with Crippen LogP contribution in [0.1, 0.15) is 19.8 Å². The third kappa shape index (κ3) is 4.16. The Hall–Kier alpha value is -1.13. The van der Waals surface area contributed by atoms with Gasteiger partial charge >= 0.3 is 0 Å². The van der Waals surface area contributed by atoms with E-state index < -0.39 is 0 Å². The number of aliphatic hydroxyl groups is 1. The van der Waals surface area contributed by atoms with Gasteiger partial charge < -0.3 is 15.0 Å². The van der Waals surface area contributed by atoms with Crippen LogP contribution < -0.4 is 10.9 Å². The fraction of sp³-hybridized carbons (Fsp3) is 0.583. The van der Waals surface area contributed by atoms with Crippen LogP contribution in [0.2, 0.25) is 0 Å². The number of aromatic nitrogens is 1. The Morgan fingerprint density at radius 1 is 1.50 bits per heavy atom. The largest absolute Gasteiger partial charge is 0.396 e. The van der Waals surface area contributed by atoms with Crippen molar-refractivity contribution < 1.29 is 5.11 Å². The van der Waals surface area contributed by atoms with E-state index in [0.29, 0.717) is 12.6 Å². The zero-order valence-electron chi connectivity index (χ0n) is 9.72. The first-order valence-corrected chi connectivity index (χ1v) is 5.77. The van der Waals surface area contributed by atoms with Crippen LogP contribution in [0.15, 0.2) is 29.2 Å². The fourth-order valence-electron chi connectivity index (χ4n) is 1.64. The number of hydrogen-bond acceptors (Lipinski definition) is 3. The Kier molecular flexibility index (Phi) is 5.82. The van der Waals surface area contributed by atoms with Crippen LogP contribution in [0.4, 0.5) is 0 Å². The molecule has 2 N–H and O–H groups in total. The zero-order chi connectivity index (χ0) is 11.8. The van der Waals surface area contributed by atoms with Crippen LogP contribution in [-0.2, 0) is 6.54 Å². The molecule has 0 fully saturated rings. The number of rotatable bonds is 7. The Morgan fingerprint density at radius 2 is 2.31 bits per heavy atom. The van der Waals surface area contributed by atoms with Crippen molar-refractivity contribution in [3.63, 3.8) is 0 Å². The molecule has 0 spiro atoms. The summed E-state index contributed by atoms with van der Waals surface area (Å²) in [7, 11) is 0. The predicted molar refractivity (Wildman–Crippen MR) is 64.5 cm³/mol. The van der Waals surface area contributed by atoms with Gasteiger partial charge in [-0.3, -0.25) is 4.79 Å². The molecule has 90 valence electrons. The van der Waals surface area contributed by atoms with E-state index in [9.17, 15) is 4.79 Å². The maximum atomic E-state index is 11.4. The summed E-state index contributed by atoms with van der Waals surface area (Å²) in [5, 5.41) is 12.2. The number of hydrogen-bond donors (Lipinski definition) is 2. The molecule has 0 aromatic carbocycles. The molecule has 0 saturated carbocycles. The van der Waals surface area contributed by atoms with E-state index in [0.717, 1.165) is 19.4 Å². The SMILES string of the molecule is CCC(CCO)NCCn1ccccc1=O. The molecule has 0 aliphatic carbocycles. The quantitative estimate of drug-likeness (QED) is 0.713. The predicted octanol–water partition coefficient (Wildman–Crippen LogP) is 0.599. The van der Waals surface area contributed by atoms with Gasteiger partial charge in [-0.1, -0.05) is 13.0 Å². The number of nitrogens with zero attached hydrogens (tertiary/aromatic N) is 1. The van der Waals surface area contributed by atoms with Crippen LogP contribution in [-0.4, -0.2) is 28.9 Å². The molecule has 1 atom stereocenters. The van der Waals surface area contributed by atoms with Crippen LogP contribution in [0.5, 0.6) is 0 Å². The molecule has 0 radical (unpaired) electrons. The van der Waals surface area contributed by atoms with Gasteiger partial charge in [0.05, 0.1) is 0 Å². The Balaban J connectivity index is 2.35. The van der Waals surface area contributed by atoms with Crippen LogP contribution in [0.25, 0.3) is 0 Å². The molecule has 0 saturated heterocycles. The van der Waals surface area contributed by atoms with Gasteiger partial charge in [0.2, 0.25) is 0 Å². The topological polar surface area (TPSA) is 54.3 Å². The normalized spacial score (nSPS) is 12.6. The van der Waals surface area contributed by atoms with Crippen molar-refractivity contribution in [2.24, 2.45) is 0 Å². The minimum absolute atomic E-state index is 0.0273. The van der Waals surface area contributed by atoms with Crippen molar-refractivity contribution in [2.75, 3.05) is 13.2 Å². The van der Waals surface area contributed by atoms with E-state index in [-0.39, 0.29) is 12.2 Å². The Morgan fingerprint density at radius 3 is 2.94 bits per heavy atom. The van der Waals surface area contributed by atoms with Crippen molar-refractivity contribution in [2.45, 2.75) is 32.4 Å². The summed E-state index contributed by atoms with van der Waals surface area (Å²) in [5.74, 6) is 0. The van der Waals surface area contributed by atoms with Gasteiger partial charge in [0.25, 0.3) is 5.56 Å². The molecular formula is C12H20N2O2. The van der Waals surface area contributed by atoms with Crippen molar-refractivity contribution >= 4 is 0 Å². The maximum absolute atomic E-state index is 11.4. The second-order valence-electron chi connectivity index (χ2n) is 3.80. The van der Waals surface area contributed by atoms with E-state index in [1.54, 1.807) is 22.9 Å². The smallest absolute Gasteiger partial charge is 0.250 e. The average Bonchev–Trinajstić information content (AvgIpc) is 2.30. The summed E-state index contributed by atoms with van der Waals surface area (Å²) in [6.45, 7) is 3.71. The lowest BCUT2D eigenvalue weighted by Gasteiger charge is -2.15. The van der Waals surface area contributed by atoms with Gasteiger partial charge in [-0.05, 0) is 18.9 Å². The first-order valence-electron chi connectivity index (χ1n) is 5.77. The fourth-order valence-corrected chi connectivity index (χ4v) is 1.64. The van der Waals surface area contributed by atoms with Crippen molar-refractivity contribution in [3.05, 3.63) is 34.7 Å². The maximum Gasteiger partial charge on any atom is 0.250 e. The second-order valence-corrected chi connectivity index (χ2v) is 3.80. The molecule has 1 aromatic heterocycles. The highest BCUT2D eigenvalue weighted by molar-refractivity contribution is 4.93. The van der Waals surface area contributed by atoms with Gasteiger partial charge in [0, 0.05) is 38.0 Å². The molecule has 1 unspecified atom stereocenters. The Bertz CT molecular complexity index is 349. The van der Waals surface area contributed by atoms with Crippen molar-refractivity contribution in [1.82, 2.24) is 9.88 Å². The molecule has 0 aliphatic heterocycles. The highest BCUT2D eigenvalue weighted by Crippen LogP contribution is 1.95. The molecule has 0 bridgehead atoms. The van der Waals surface area contributed by atoms with E-state index >= 15 is 0 Å². The lowest BCUT2D eigenvalue weighted by molar-refractivity contribution is 0.261. The minimum Gasteiger partial charge on any atom is -0.396 e. The Labute approximate surface area is 95.9 Å². The average molecular weight is 224 g/mol. The van der Waals surface area contributed by atoms with E-state index in [1.165, 1.54) is 0 Å². The number of pyridine rings is 1. The standard InChI is InChI=1S/C12H20N2O2/c1-2-11(6-10-15)13-7-9-14-8-4-3-5-12(14)16/h3-5,8,11,13,15H,2,6-7,9-10H2,1H3. The highest BCUT2D eigenvalue weighted by Gasteiger charge is 2.03. The van der Waals surface area contributed by atoms with Crippen LogP contribution in [0, 0.1) is 0 Å². The summed E-state index contributed by atoms with van der Waals surface area (Å²) >= 11 is 0. The third-order valence-corrected chi connectivity index (χ3v) is 2.66. The lowest BCUT2D eigenvalue weighted by Crippen LogP contribution is -2.33. The molecule has 4 nitrogen and oxygen atoms in total. The molecule has 1 heterocycles. The highest BCUT2D eigenvalue weighted by atomic mass is 16.3. The summed E-state index contributed by atoms with van der Waals surface area (Å²) < 4.78 is 1.68. The van der Waals surface area contributed by atoms with E-state index in [4.69, 9.17) is 5.11 Å². The molecule has 16 heavy (non-hydrogen) atoms. The van der Waals surface area contributed by atoms with E-state index in [2.05, 4.69) is 12.2 Å². The molecular weight excluding hydrogens is 204 g/mol. The minimum atomic E-state index is 0.0273. The number of nitrogens with one attached hydrogen (secondary N) is 1. The molecule has 0 aliphatic rings. The summed E-state index contributed by atoms with van der Waals surface area (Å²) in [4.78, 5) is 11.4. The van der Waals surface area contributed by atoms with Crippen molar-refractivity contribution in [3.8, 4) is 0 Å². The molecule has 1 aromatic rings. The first kappa shape index (κ1) is 12.9.